The number of hydrogen-bond donors (Lipinski definition) is 1. The first kappa shape index (κ1) is 19.1. The first-order valence-electron chi connectivity index (χ1n) is 7.38. The van der Waals surface area contributed by atoms with Crippen molar-refractivity contribution in [3.05, 3.63) is 70.3 Å². The van der Waals surface area contributed by atoms with Gasteiger partial charge in [-0.1, -0.05) is 30.3 Å². The number of nitro benzene ring substituents is 1. The third-order valence-corrected chi connectivity index (χ3v) is 4.10. The average molecular weight is 374 g/mol. The smallest absolute Gasteiger partial charge is 0.316 e. The summed E-state index contributed by atoms with van der Waals surface area (Å²) >= 11 is 0.931. The van der Waals surface area contributed by atoms with Crippen LogP contribution in [-0.4, -0.2) is 35.1 Å². The van der Waals surface area contributed by atoms with E-state index in [1.807, 2.05) is 0 Å². The molecule has 0 unspecified atom stereocenters. The zero-order valence-corrected chi connectivity index (χ0v) is 14.2. The number of carbonyl (C=O) groups is 3. The highest BCUT2D eigenvalue weighted by Crippen LogP contribution is 2.28. The number of esters is 1. The molecule has 26 heavy (non-hydrogen) atoms. The van der Waals surface area contributed by atoms with Crippen LogP contribution in [0.2, 0.25) is 0 Å². The number of rotatable bonds is 7. The number of para-hydroxylation sites is 1. The molecule has 0 aliphatic heterocycles. The second-order valence-corrected chi connectivity index (χ2v) is 5.93. The molecule has 9 heteroatoms. The minimum atomic E-state index is -0.761. The van der Waals surface area contributed by atoms with Crippen molar-refractivity contribution in [3.63, 3.8) is 0 Å². The monoisotopic (exact) mass is 374 g/mol. The molecule has 0 saturated heterocycles. The molecular weight excluding hydrogens is 360 g/mol. The quantitative estimate of drug-likeness (QED) is 0.342. The Labute approximate surface area is 152 Å². The van der Waals surface area contributed by atoms with Gasteiger partial charge in [-0.3, -0.25) is 29.8 Å². The van der Waals surface area contributed by atoms with E-state index in [2.05, 4.69) is 5.32 Å². The number of thioether (sulfide) groups is 1. The molecule has 0 aromatic heterocycles. The lowest BCUT2D eigenvalue weighted by Crippen LogP contribution is -2.34. The van der Waals surface area contributed by atoms with Crippen LogP contribution < -0.4 is 5.32 Å². The maximum atomic E-state index is 11.8. The fourth-order valence-corrected chi connectivity index (χ4v) is 2.70. The summed E-state index contributed by atoms with van der Waals surface area (Å²) in [7, 11) is 0. The van der Waals surface area contributed by atoms with Crippen LogP contribution in [0.1, 0.15) is 10.4 Å². The fraction of sp³-hybridized carbons (Fsp3) is 0.118. The van der Waals surface area contributed by atoms with Crippen molar-refractivity contribution >= 4 is 35.2 Å². The Morgan fingerprint density at radius 2 is 1.69 bits per heavy atom. The largest absolute Gasteiger partial charge is 0.455 e. The molecular formula is C17H14N2O6S. The molecule has 0 heterocycles. The van der Waals surface area contributed by atoms with Gasteiger partial charge in [-0.15, -0.1) is 11.8 Å². The Morgan fingerprint density at radius 3 is 2.38 bits per heavy atom. The molecule has 2 amide bonds. The molecule has 2 aromatic rings. The Kier molecular flexibility index (Phi) is 6.86. The lowest BCUT2D eigenvalue weighted by Gasteiger charge is -2.06. The van der Waals surface area contributed by atoms with E-state index >= 15 is 0 Å². The molecule has 0 saturated carbocycles. The molecule has 2 rings (SSSR count). The Morgan fingerprint density at radius 1 is 1.04 bits per heavy atom. The van der Waals surface area contributed by atoms with Crippen molar-refractivity contribution in [3.8, 4) is 0 Å². The van der Waals surface area contributed by atoms with E-state index in [-0.39, 0.29) is 11.4 Å². The Hall–Kier alpha value is -3.20. The minimum Gasteiger partial charge on any atom is -0.455 e. The number of nitro groups is 1. The van der Waals surface area contributed by atoms with Gasteiger partial charge in [-0.25, -0.2) is 0 Å². The third kappa shape index (κ3) is 5.71. The number of carbonyl (C=O) groups excluding carboxylic acids is 3. The third-order valence-electron chi connectivity index (χ3n) is 3.06. The minimum absolute atomic E-state index is 0.114. The molecule has 134 valence electrons. The zero-order valence-electron chi connectivity index (χ0n) is 13.4. The summed E-state index contributed by atoms with van der Waals surface area (Å²) in [6.07, 6.45) is 0. The highest BCUT2D eigenvalue weighted by atomic mass is 32.2. The Bertz CT molecular complexity index is 825. The number of amides is 2. The first-order chi connectivity index (χ1) is 12.5. The first-order valence-corrected chi connectivity index (χ1v) is 8.37. The van der Waals surface area contributed by atoms with Gasteiger partial charge in [0.15, 0.2) is 6.61 Å². The van der Waals surface area contributed by atoms with E-state index < -0.39 is 29.3 Å². The molecule has 0 aliphatic carbocycles. The van der Waals surface area contributed by atoms with Crippen molar-refractivity contribution in [2.75, 3.05) is 12.4 Å². The summed E-state index contributed by atoms with van der Waals surface area (Å²) in [5, 5.41) is 13.0. The van der Waals surface area contributed by atoms with Crippen molar-refractivity contribution in [1.82, 2.24) is 5.32 Å². The van der Waals surface area contributed by atoms with E-state index in [0.29, 0.717) is 10.5 Å². The molecule has 8 nitrogen and oxygen atoms in total. The maximum absolute atomic E-state index is 11.8. The summed E-state index contributed by atoms with van der Waals surface area (Å²) in [6, 6.07) is 14.1. The average Bonchev–Trinajstić information content (AvgIpc) is 2.65. The fourth-order valence-electron chi connectivity index (χ4n) is 1.88. The standard InChI is InChI=1S/C17H14N2O6S/c20-15(18-17(22)12-6-2-1-3-7-12)10-25-16(21)11-26-14-9-5-4-8-13(14)19(23)24/h1-9H,10-11H2,(H,18,20,22). The van der Waals surface area contributed by atoms with Crippen LogP contribution in [0.4, 0.5) is 5.69 Å². The van der Waals surface area contributed by atoms with Gasteiger partial charge >= 0.3 is 5.97 Å². The van der Waals surface area contributed by atoms with Crippen molar-refractivity contribution in [2.45, 2.75) is 4.90 Å². The highest BCUT2D eigenvalue weighted by molar-refractivity contribution is 8.00. The van der Waals surface area contributed by atoms with Gasteiger partial charge in [0.2, 0.25) is 0 Å². The van der Waals surface area contributed by atoms with Crippen LogP contribution in [0.25, 0.3) is 0 Å². The van der Waals surface area contributed by atoms with E-state index in [0.717, 1.165) is 11.8 Å². The van der Waals surface area contributed by atoms with Crippen LogP contribution in [0.5, 0.6) is 0 Å². The van der Waals surface area contributed by atoms with Crippen molar-refractivity contribution < 1.29 is 24.0 Å². The van der Waals surface area contributed by atoms with E-state index in [1.54, 1.807) is 24.3 Å². The summed E-state index contributed by atoms with van der Waals surface area (Å²) in [5.41, 5.74) is 0.190. The van der Waals surface area contributed by atoms with Crippen LogP contribution in [-0.2, 0) is 14.3 Å². The predicted octanol–water partition coefficient (Wildman–Crippen LogP) is 2.19. The van der Waals surface area contributed by atoms with Gasteiger partial charge in [-0.05, 0) is 18.2 Å². The normalized spacial score (nSPS) is 10.0. The number of imide groups is 1. The van der Waals surface area contributed by atoms with Crippen molar-refractivity contribution in [2.24, 2.45) is 0 Å². The van der Waals surface area contributed by atoms with Crippen molar-refractivity contribution in [1.29, 1.82) is 0 Å². The molecule has 0 radical (unpaired) electrons. The SMILES string of the molecule is O=C(COC(=O)CSc1ccccc1[N+](=O)[O-])NC(=O)c1ccccc1. The van der Waals surface area contributed by atoms with Gasteiger partial charge in [0.25, 0.3) is 17.5 Å². The van der Waals surface area contributed by atoms with Gasteiger partial charge in [-0.2, -0.15) is 0 Å². The van der Waals surface area contributed by atoms with E-state index in [9.17, 15) is 24.5 Å². The summed E-state index contributed by atoms with van der Waals surface area (Å²) in [4.78, 5) is 45.8. The zero-order chi connectivity index (χ0) is 18.9. The lowest BCUT2D eigenvalue weighted by atomic mass is 10.2. The van der Waals surface area contributed by atoms with Gasteiger partial charge in [0.05, 0.1) is 15.6 Å². The van der Waals surface area contributed by atoms with Gasteiger partial charge < -0.3 is 4.74 Å². The van der Waals surface area contributed by atoms with E-state index in [4.69, 9.17) is 4.74 Å². The van der Waals surface area contributed by atoms with E-state index in [1.165, 1.54) is 30.3 Å². The summed E-state index contributed by atoms with van der Waals surface area (Å²) < 4.78 is 4.77. The van der Waals surface area contributed by atoms with Crippen LogP contribution in [0.3, 0.4) is 0 Å². The molecule has 0 aliphatic rings. The number of nitrogens with zero attached hydrogens (tertiary/aromatic N) is 1. The maximum Gasteiger partial charge on any atom is 0.316 e. The molecule has 0 atom stereocenters. The van der Waals surface area contributed by atoms with Crippen LogP contribution >= 0.6 is 11.8 Å². The second-order valence-electron chi connectivity index (χ2n) is 4.92. The second kappa shape index (κ2) is 9.33. The van der Waals surface area contributed by atoms with Crippen LogP contribution in [0, 0.1) is 10.1 Å². The highest BCUT2D eigenvalue weighted by Gasteiger charge is 2.16. The molecule has 0 spiro atoms. The summed E-state index contributed by atoms with van der Waals surface area (Å²) in [5.74, 6) is -2.29. The lowest BCUT2D eigenvalue weighted by molar-refractivity contribution is -0.387. The van der Waals surface area contributed by atoms with Gasteiger partial charge in [0.1, 0.15) is 0 Å². The van der Waals surface area contributed by atoms with Crippen LogP contribution in [0.15, 0.2) is 59.5 Å². The number of benzene rings is 2. The number of nitrogens with one attached hydrogen (secondary N) is 1. The molecule has 1 N–H and O–H groups in total. The number of ether oxygens (including phenoxy) is 1. The number of hydrogen-bond acceptors (Lipinski definition) is 7. The van der Waals surface area contributed by atoms with Gasteiger partial charge in [0, 0.05) is 11.6 Å². The topological polar surface area (TPSA) is 116 Å². The molecule has 0 bridgehead atoms. The molecule has 0 fully saturated rings. The predicted molar refractivity (Wildman–Crippen MR) is 93.7 cm³/mol. The Balaban J connectivity index is 1.77. The molecule has 2 aromatic carbocycles. The summed E-state index contributed by atoms with van der Waals surface area (Å²) in [6.45, 7) is -0.616.